The van der Waals surface area contributed by atoms with Crippen LogP contribution >= 0.6 is 0 Å². The quantitative estimate of drug-likeness (QED) is 0.698. The Balaban J connectivity index is 1.91. The molecule has 0 amide bonds. The van der Waals surface area contributed by atoms with Gasteiger partial charge in [-0.25, -0.2) is 0 Å². The van der Waals surface area contributed by atoms with Gasteiger partial charge in [0.15, 0.2) is 0 Å². The van der Waals surface area contributed by atoms with Crippen LogP contribution in [0.2, 0.25) is 0 Å². The van der Waals surface area contributed by atoms with Crippen molar-refractivity contribution < 1.29 is 0 Å². The van der Waals surface area contributed by atoms with E-state index in [2.05, 4.69) is 39.7 Å². The molecule has 16 heavy (non-hydrogen) atoms. The van der Waals surface area contributed by atoms with Crippen LogP contribution in [0.3, 0.4) is 0 Å². The monoisotopic (exact) mass is 222 g/mol. The van der Waals surface area contributed by atoms with Gasteiger partial charge in [0.05, 0.1) is 0 Å². The first-order valence-corrected chi connectivity index (χ1v) is 6.02. The average Bonchev–Trinajstić information content (AvgIpc) is 2.79. The van der Waals surface area contributed by atoms with Crippen molar-refractivity contribution in [3.63, 3.8) is 0 Å². The second kappa shape index (κ2) is 5.48. The highest BCUT2D eigenvalue weighted by Gasteiger charge is 2.21. The molecule has 1 fully saturated rings. The lowest BCUT2D eigenvalue weighted by Crippen LogP contribution is -2.50. The molecule has 2 heterocycles. The van der Waals surface area contributed by atoms with Gasteiger partial charge in [0.1, 0.15) is 0 Å². The second-order valence-corrected chi connectivity index (χ2v) is 4.62. The van der Waals surface area contributed by atoms with Crippen LogP contribution in [0.25, 0.3) is 0 Å². The molecule has 2 atom stereocenters. The van der Waals surface area contributed by atoms with E-state index in [4.69, 9.17) is 0 Å². The van der Waals surface area contributed by atoms with Gasteiger partial charge in [-0.3, -0.25) is 0 Å². The third-order valence-electron chi connectivity index (χ3n) is 3.32. The van der Waals surface area contributed by atoms with Gasteiger partial charge in [0, 0.05) is 43.6 Å². The second-order valence-electron chi connectivity index (χ2n) is 4.62. The first-order chi connectivity index (χ1) is 7.79. The fourth-order valence-electron chi connectivity index (χ4n) is 2.40. The summed E-state index contributed by atoms with van der Waals surface area (Å²) >= 11 is 0. The largest absolute Gasteiger partial charge is 0.364 e. The molecule has 0 aliphatic carbocycles. The molecule has 1 aromatic rings. The lowest BCUT2D eigenvalue weighted by Gasteiger charge is -2.33. The number of nitrogens with zero attached hydrogens (tertiary/aromatic N) is 1. The number of hydrogen-bond donors (Lipinski definition) is 3. The van der Waals surface area contributed by atoms with Crippen LogP contribution in [0, 0.1) is 0 Å². The maximum atomic E-state index is 3.58. The average molecular weight is 222 g/mol. The molecule has 90 valence electrons. The molecule has 0 spiro atoms. The first-order valence-electron chi connectivity index (χ1n) is 6.02. The molecule has 4 nitrogen and oxygen atoms in total. The number of nitrogens with one attached hydrogen (secondary N) is 3. The number of H-pyrrole nitrogens is 1. The summed E-state index contributed by atoms with van der Waals surface area (Å²) in [6.45, 7) is 3.39. The maximum absolute atomic E-state index is 3.58. The third kappa shape index (κ3) is 2.84. The summed E-state index contributed by atoms with van der Waals surface area (Å²) in [5, 5.41) is 6.96. The van der Waals surface area contributed by atoms with Crippen LogP contribution < -0.4 is 10.6 Å². The van der Waals surface area contributed by atoms with E-state index in [1.807, 2.05) is 13.2 Å². The molecule has 4 heteroatoms. The molecule has 2 unspecified atom stereocenters. The molecule has 1 aliphatic rings. The number of aromatic nitrogens is 1. The van der Waals surface area contributed by atoms with Crippen LogP contribution in [0.1, 0.15) is 18.2 Å². The summed E-state index contributed by atoms with van der Waals surface area (Å²) in [6, 6.07) is 5.20. The molecular formula is C12H22N4. The Bertz CT molecular complexity index is 296. The Hall–Kier alpha value is -0.840. The minimum atomic E-state index is 0.416. The molecule has 1 aromatic heterocycles. The summed E-state index contributed by atoms with van der Waals surface area (Å²) in [5.74, 6) is 0. The van der Waals surface area contributed by atoms with Crippen molar-refractivity contribution in [2.75, 3.05) is 33.7 Å². The minimum absolute atomic E-state index is 0.416. The van der Waals surface area contributed by atoms with Gasteiger partial charge >= 0.3 is 0 Å². The smallest absolute Gasteiger partial charge is 0.0485 e. The molecular weight excluding hydrogens is 200 g/mol. The Labute approximate surface area is 97.4 Å². The number of hydrogen-bond acceptors (Lipinski definition) is 3. The van der Waals surface area contributed by atoms with Crippen molar-refractivity contribution in [2.24, 2.45) is 0 Å². The lowest BCUT2D eigenvalue weighted by atomic mass is 10.0. The summed E-state index contributed by atoms with van der Waals surface area (Å²) in [6.07, 6.45) is 3.11. The van der Waals surface area contributed by atoms with Crippen molar-refractivity contribution in [3.05, 3.63) is 24.0 Å². The molecule has 0 aromatic carbocycles. The van der Waals surface area contributed by atoms with Crippen LogP contribution in [-0.4, -0.2) is 49.7 Å². The normalized spacial score (nSPS) is 24.5. The molecule has 3 N–H and O–H groups in total. The van der Waals surface area contributed by atoms with Crippen molar-refractivity contribution in [3.8, 4) is 0 Å². The van der Waals surface area contributed by atoms with Crippen molar-refractivity contribution >= 4 is 0 Å². The van der Waals surface area contributed by atoms with Gasteiger partial charge in [0.25, 0.3) is 0 Å². The van der Waals surface area contributed by atoms with E-state index in [1.165, 1.54) is 5.69 Å². The van der Waals surface area contributed by atoms with Crippen LogP contribution in [-0.2, 0) is 0 Å². The lowest BCUT2D eigenvalue weighted by molar-refractivity contribution is 0.221. The zero-order chi connectivity index (χ0) is 11.4. The fourth-order valence-corrected chi connectivity index (χ4v) is 2.40. The van der Waals surface area contributed by atoms with Gasteiger partial charge < -0.3 is 20.5 Å². The minimum Gasteiger partial charge on any atom is -0.364 e. The Morgan fingerprint density at radius 1 is 1.62 bits per heavy atom. The zero-order valence-electron chi connectivity index (χ0n) is 10.2. The summed E-state index contributed by atoms with van der Waals surface area (Å²) in [4.78, 5) is 5.68. The number of rotatable bonds is 4. The Kier molecular flexibility index (Phi) is 3.98. The maximum Gasteiger partial charge on any atom is 0.0485 e. The summed E-state index contributed by atoms with van der Waals surface area (Å²) in [7, 11) is 4.22. The third-order valence-corrected chi connectivity index (χ3v) is 3.32. The molecule has 0 bridgehead atoms. The van der Waals surface area contributed by atoms with Crippen LogP contribution in [0.5, 0.6) is 0 Å². The van der Waals surface area contributed by atoms with Crippen molar-refractivity contribution in [2.45, 2.75) is 18.5 Å². The number of aromatic amines is 1. The molecule has 1 aliphatic heterocycles. The van der Waals surface area contributed by atoms with E-state index in [0.29, 0.717) is 12.1 Å². The van der Waals surface area contributed by atoms with Gasteiger partial charge in [-0.15, -0.1) is 0 Å². The highest BCUT2D eigenvalue weighted by Crippen LogP contribution is 2.17. The van der Waals surface area contributed by atoms with E-state index in [-0.39, 0.29) is 0 Å². The predicted octanol–water partition coefficient (Wildman–Crippen LogP) is 0.569. The Morgan fingerprint density at radius 2 is 2.50 bits per heavy atom. The topological polar surface area (TPSA) is 43.1 Å². The number of likely N-dealkylation sites (N-methyl/N-ethyl adjacent to an activating group) is 1. The number of piperazine rings is 1. The van der Waals surface area contributed by atoms with E-state index >= 15 is 0 Å². The van der Waals surface area contributed by atoms with Crippen molar-refractivity contribution in [1.29, 1.82) is 0 Å². The highest BCUT2D eigenvalue weighted by molar-refractivity contribution is 5.09. The Morgan fingerprint density at radius 3 is 3.12 bits per heavy atom. The first kappa shape index (κ1) is 11.6. The molecule has 2 rings (SSSR count). The molecule has 0 radical (unpaired) electrons. The van der Waals surface area contributed by atoms with Crippen molar-refractivity contribution in [1.82, 2.24) is 20.5 Å². The van der Waals surface area contributed by atoms with E-state index in [0.717, 1.165) is 26.1 Å². The van der Waals surface area contributed by atoms with Crippen LogP contribution in [0.15, 0.2) is 18.3 Å². The van der Waals surface area contributed by atoms with Crippen LogP contribution in [0.4, 0.5) is 0 Å². The van der Waals surface area contributed by atoms with Gasteiger partial charge in [-0.05, 0) is 32.6 Å². The summed E-state index contributed by atoms with van der Waals surface area (Å²) < 4.78 is 0. The highest BCUT2D eigenvalue weighted by atomic mass is 15.2. The zero-order valence-corrected chi connectivity index (χ0v) is 10.2. The molecule has 0 saturated carbocycles. The predicted molar refractivity (Wildman–Crippen MR) is 66.5 cm³/mol. The van der Waals surface area contributed by atoms with Gasteiger partial charge in [-0.1, -0.05) is 0 Å². The molecule has 1 saturated heterocycles. The summed E-state index contributed by atoms with van der Waals surface area (Å²) in [5.41, 5.74) is 1.28. The van der Waals surface area contributed by atoms with Gasteiger partial charge in [-0.2, -0.15) is 0 Å². The van der Waals surface area contributed by atoms with E-state index in [9.17, 15) is 0 Å². The SMILES string of the molecule is CNC(CC1CN(C)CCN1)c1ccc[nH]1. The van der Waals surface area contributed by atoms with E-state index in [1.54, 1.807) is 0 Å². The standard InChI is InChI=1S/C12H22N4/c1-13-12(11-4-3-5-15-11)8-10-9-16(2)7-6-14-10/h3-5,10,12-15H,6-9H2,1-2H3. The fraction of sp³-hybridized carbons (Fsp3) is 0.667. The van der Waals surface area contributed by atoms with Gasteiger partial charge in [0.2, 0.25) is 0 Å². The van der Waals surface area contributed by atoms with E-state index < -0.39 is 0 Å².